The highest BCUT2D eigenvalue weighted by Crippen LogP contribution is 2.30. The number of ketones is 1. The Morgan fingerprint density at radius 2 is 1.62 bits per heavy atom. The zero-order valence-corrected chi connectivity index (χ0v) is 15.1. The molecule has 0 saturated heterocycles. The maximum Gasteiger partial charge on any atom is 0.355 e. The average Bonchev–Trinajstić information content (AvgIpc) is 2.73. The quantitative estimate of drug-likeness (QED) is 0.312. The van der Waals surface area contributed by atoms with Crippen molar-refractivity contribution in [3.8, 4) is 0 Å². The van der Waals surface area contributed by atoms with E-state index in [0.717, 1.165) is 6.33 Å². The van der Waals surface area contributed by atoms with Crippen LogP contribution in [0.2, 0.25) is 0 Å². The lowest BCUT2D eigenvalue weighted by Crippen LogP contribution is -2.30. The van der Waals surface area contributed by atoms with Crippen LogP contribution in [-0.4, -0.2) is 31.6 Å². The Balaban J connectivity index is 1.81. The number of nitrogens with zero attached hydrogens (tertiary/aromatic N) is 4. The third-order valence-electron chi connectivity index (χ3n) is 3.80. The van der Waals surface area contributed by atoms with Crippen molar-refractivity contribution in [3.05, 3.63) is 76.4 Å². The zero-order chi connectivity index (χ0) is 20.8. The topological polar surface area (TPSA) is 152 Å². The number of anilines is 3. The van der Waals surface area contributed by atoms with E-state index in [1.807, 2.05) is 0 Å². The van der Waals surface area contributed by atoms with Crippen molar-refractivity contribution in [2.75, 3.05) is 10.7 Å². The van der Waals surface area contributed by atoms with Gasteiger partial charge in [0.1, 0.15) is 6.33 Å². The van der Waals surface area contributed by atoms with Crippen molar-refractivity contribution in [3.63, 3.8) is 0 Å². The van der Waals surface area contributed by atoms with E-state index in [1.165, 1.54) is 31.5 Å². The van der Waals surface area contributed by atoms with Crippen LogP contribution < -0.4 is 16.2 Å². The summed E-state index contributed by atoms with van der Waals surface area (Å²) < 4.78 is 0. The lowest BCUT2D eigenvalue weighted by Gasteiger charge is -2.11. The molecular formula is C18H15N7O4. The van der Waals surface area contributed by atoms with Crippen molar-refractivity contribution in [1.82, 2.24) is 20.4 Å². The molecule has 0 atom stereocenters. The number of nitrogens with one attached hydrogen (secondary N) is 3. The smallest absolute Gasteiger partial charge is 0.334 e. The van der Waals surface area contributed by atoms with E-state index in [0.29, 0.717) is 16.8 Å². The van der Waals surface area contributed by atoms with E-state index in [9.17, 15) is 19.7 Å². The SMILES string of the molecule is CC(=O)c1ccc(Nc2ncnc(NNC(=O)c3ccncc3)c2[N+](=O)[O-])cc1. The zero-order valence-electron chi connectivity index (χ0n) is 15.1. The standard InChI is InChI=1S/C18H15N7O4/c1-11(26)12-2-4-14(5-3-12)22-16-15(25(28)29)17(21-10-20-16)23-24-18(27)13-6-8-19-9-7-13/h2-10H,1H3,(H,24,27)(H2,20,21,22,23). The molecule has 2 heterocycles. The minimum absolute atomic E-state index is 0.0822. The van der Waals surface area contributed by atoms with Crippen LogP contribution in [0.3, 0.4) is 0 Å². The first-order valence-corrected chi connectivity index (χ1v) is 8.29. The van der Waals surface area contributed by atoms with Crippen LogP contribution in [0.5, 0.6) is 0 Å². The fourth-order valence-corrected chi connectivity index (χ4v) is 2.35. The van der Waals surface area contributed by atoms with Gasteiger partial charge in [-0.3, -0.25) is 35.5 Å². The predicted octanol–water partition coefficient (Wildman–Crippen LogP) is 2.48. The fraction of sp³-hybridized carbons (Fsp3) is 0.0556. The second kappa shape index (κ2) is 8.52. The highest BCUT2D eigenvalue weighted by molar-refractivity contribution is 5.95. The number of carbonyl (C=O) groups excluding carboxylic acids is 2. The molecule has 0 bridgehead atoms. The van der Waals surface area contributed by atoms with Gasteiger partial charge in [-0.05, 0) is 43.3 Å². The molecular weight excluding hydrogens is 378 g/mol. The fourth-order valence-electron chi connectivity index (χ4n) is 2.35. The molecule has 0 unspecified atom stereocenters. The highest BCUT2D eigenvalue weighted by Gasteiger charge is 2.23. The van der Waals surface area contributed by atoms with Gasteiger partial charge in [0.15, 0.2) is 5.78 Å². The van der Waals surface area contributed by atoms with E-state index < -0.39 is 16.5 Å². The van der Waals surface area contributed by atoms with Gasteiger partial charge in [0, 0.05) is 29.2 Å². The molecule has 29 heavy (non-hydrogen) atoms. The number of pyridine rings is 1. The average molecular weight is 393 g/mol. The number of Topliss-reactive ketones (excluding diaryl/α,β-unsaturated/α-hetero) is 1. The molecule has 146 valence electrons. The first-order chi connectivity index (χ1) is 14.0. The Hall–Kier alpha value is -4.41. The van der Waals surface area contributed by atoms with E-state index in [2.05, 4.69) is 31.1 Å². The van der Waals surface area contributed by atoms with Crippen molar-refractivity contribution in [1.29, 1.82) is 0 Å². The molecule has 3 N–H and O–H groups in total. The Bertz CT molecular complexity index is 1060. The Morgan fingerprint density at radius 1 is 0.966 bits per heavy atom. The van der Waals surface area contributed by atoms with Gasteiger partial charge in [0.2, 0.25) is 11.6 Å². The lowest BCUT2D eigenvalue weighted by atomic mass is 10.1. The summed E-state index contributed by atoms with van der Waals surface area (Å²) in [5.74, 6) is -0.896. The molecule has 3 rings (SSSR count). The van der Waals surface area contributed by atoms with Crippen molar-refractivity contribution >= 4 is 34.7 Å². The van der Waals surface area contributed by atoms with Crippen LogP contribution in [0.1, 0.15) is 27.6 Å². The summed E-state index contributed by atoms with van der Waals surface area (Å²) in [7, 11) is 0. The molecule has 0 saturated carbocycles. The van der Waals surface area contributed by atoms with Crippen LogP contribution in [0.25, 0.3) is 0 Å². The van der Waals surface area contributed by atoms with E-state index in [4.69, 9.17) is 0 Å². The number of carbonyl (C=O) groups is 2. The van der Waals surface area contributed by atoms with Crippen molar-refractivity contribution in [2.45, 2.75) is 6.92 Å². The third kappa shape index (κ3) is 4.66. The number of hydrogen-bond acceptors (Lipinski definition) is 9. The monoisotopic (exact) mass is 393 g/mol. The molecule has 1 amide bonds. The number of benzene rings is 1. The molecule has 2 aromatic heterocycles. The Kier molecular flexibility index (Phi) is 5.69. The van der Waals surface area contributed by atoms with Gasteiger partial charge in [-0.15, -0.1) is 0 Å². The summed E-state index contributed by atoms with van der Waals surface area (Å²) in [4.78, 5) is 45.9. The summed E-state index contributed by atoms with van der Waals surface area (Å²) in [5.41, 5.74) is 5.64. The predicted molar refractivity (Wildman–Crippen MR) is 104 cm³/mol. The second-order valence-corrected chi connectivity index (χ2v) is 5.75. The number of hydrogen-bond donors (Lipinski definition) is 3. The molecule has 11 nitrogen and oxygen atoms in total. The van der Waals surface area contributed by atoms with Crippen molar-refractivity contribution in [2.24, 2.45) is 0 Å². The van der Waals surface area contributed by atoms with Crippen LogP contribution in [0.15, 0.2) is 55.1 Å². The maximum absolute atomic E-state index is 12.1. The molecule has 1 aromatic carbocycles. The third-order valence-corrected chi connectivity index (χ3v) is 3.80. The number of rotatable bonds is 7. The van der Waals surface area contributed by atoms with Gasteiger partial charge in [0.25, 0.3) is 5.91 Å². The molecule has 11 heteroatoms. The Labute approximate surface area is 164 Å². The molecule has 0 aliphatic rings. The molecule has 0 radical (unpaired) electrons. The van der Waals surface area contributed by atoms with Gasteiger partial charge in [-0.25, -0.2) is 9.97 Å². The number of hydrazine groups is 1. The largest absolute Gasteiger partial charge is 0.355 e. The van der Waals surface area contributed by atoms with E-state index >= 15 is 0 Å². The van der Waals surface area contributed by atoms with Crippen LogP contribution >= 0.6 is 0 Å². The van der Waals surface area contributed by atoms with Crippen LogP contribution in [0.4, 0.5) is 23.0 Å². The number of nitro groups is 1. The van der Waals surface area contributed by atoms with E-state index in [1.54, 1.807) is 24.3 Å². The maximum atomic E-state index is 12.1. The normalized spacial score (nSPS) is 10.1. The summed E-state index contributed by atoms with van der Waals surface area (Å²) in [5, 5.41) is 14.4. The van der Waals surface area contributed by atoms with Crippen molar-refractivity contribution < 1.29 is 14.5 Å². The van der Waals surface area contributed by atoms with Gasteiger partial charge >= 0.3 is 5.69 Å². The first kappa shape index (κ1) is 19.4. The minimum atomic E-state index is -0.673. The minimum Gasteiger partial charge on any atom is -0.334 e. The highest BCUT2D eigenvalue weighted by atomic mass is 16.6. The summed E-state index contributed by atoms with van der Waals surface area (Å²) >= 11 is 0. The first-order valence-electron chi connectivity index (χ1n) is 8.29. The van der Waals surface area contributed by atoms with E-state index in [-0.39, 0.29) is 17.4 Å². The molecule has 0 spiro atoms. The number of amides is 1. The molecule has 3 aromatic rings. The second-order valence-electron chi connectivity index (χ2n) is 5.75. The van der Waals surface area contributed by atoms with Gasteiger partial charge in [-0.1, -0.05) is 0 Å². The van der Waals surface area contributed by atoms with Gasteiger partial charge in [0.05, 0.1) is 4.92 Å². The van der Waals surface area contributed by atoms with Crippen LogP contribution in [-0.2, 0) is 0 Å². The van der Waals surface area contributed by atoms with Crippen LogP contribution in [0, 0.1) is 10.1 Å². The summed E-state index contributed by atoms with van der Waals surface area (Å²) in [6.07, 6.45) is 4.00. The Morgan fingerprint density at radius 3 is 2.24 bits per heavy atom. The molecule has 0 fully saturated rings. The molecule has 0 aliphatic heterocycles. The van der Waals surface area contributed by atoms with Gasteiger partial charge < -0.3 is 5.32 Å². The molecule has 0 aliphatic carbocycles. The lowest BCUT2D eigenvalue weighted by molar-refractivity contribution is -0.383. The number of aromatic nitrogens is 3. The summed E-state index contributed by atoms with van der Waals surface area (Å²) in [6, 6.07) is 9.35. The summed E-state index contributed by atoms with van der Waals surface area (Å²) in [6.45, 7) is 1.44. The van der Waals surface area contributed by atoms with Gasteiger partial charge in [-0.2, -0.15) is 0 Å².